The molecule has 8 heteroatoms. The summed E-state index contributed by atoms with van der Waals surface area (Å²) in [6, 6.07) is 25.2. The number of hydrogen-bond donors (Lipinski definition) is 3. The maximum atomic E-state index is 12.9. The standard InChI is InChI=1S/C24H18BrN5O2/c25-17-11-12-19-18(13-17)21(23(32)26-19)28-29-22(31)20-14-24(30-27-20,15-7-3-1-4-8-15)16-9-5-2-6-10-16/h1-13,26,30,32H,14H2. The van der Waals surface area contributed by atoms with Crippen LogP contribution in [0.3, 0.4) is 0 Å². The van der Waals surface area contributed by atoms with Crippen molar-refractivity contribution in [1.29, 1.82) is 0 Å². The Labute approximate surface area is 192 Å². The minimum absolute atomic E-state index is 0.149. The van der Waals surface area contributed by atoms with Crippen LogP contribution < -0.4 is 5.43 Å². The van der Waals surface area contributed by atoms with Crippen LogP contribution in [0.4, 0.5) is 5.69 Å². The number of carbonyl (C=O) groups is 1. The molecule has 0 unspecified atom stereocenters. The van der Waals surface area contributed by atoms with Gasteiger partial charge in [0.25, 0.3) is 0 Å². The molecule has 1 aliphatic heterocycles. The number of azo groups is 1. The molecule has 1 aliphatic rings. The Morgan fingerprint density at radius 3 is 2.31 bits per heavy atom. The molecule has 5 rings (SSSR count). The highest BCUT2D eigenvalue weighted by Gasteiger charge is 2.41. The molecule has 2 heterocycles. The predicted octanol–water partition coefficient (Wildman–Crippen LogP) is 5.54. The second-order valence-electron chi connectivity index (χ2n) is 7.50. The van der Waals surface area contributed by atoms with E-state index in [2.05, 4.69) is 41.7 Å². The van der Waals surface area contributed by atoms with Crippen molar-refractivity contribution in [2.75, 3.05) is 0 Å². The lowest BCUT2D eigenvalue weighted by Crippen LogP contribution is -2.37. The van der Waals surface area contributed by atoms with E-state index in [1.165, 1.54) is 0 Å². The van der Waals surface area contributed by atoms with Gasteiger partial charge in [-0.2, -0.15) is 5.10 Å². The molecule has 4 aromatic rings. The zero-order valence-electron chi connectivity index (χ0n) is 16.8. The van der Waals surface area contributed by atoms with E-state index in [1.807, 2.05) is 66.7 Å². The number of halogens is 1. The Morgan fingerprint density at radius 2 is 1.66 bits per heavy atom. The second kappa shape index (κ2) is 8.05. The van der Waals surface area contributed by atoms with E-state index in [1.54, 1.807) is 12.1 Å². The van der Waals surface area contributed by atoms with E-state index >= 15 is 0 Å². The summed E-state index contributed by atoms with van der Waals surface area (Å²) in [7, 11) is 0. The summed E-state index contributed by atoms with van der Waals surface area (Å²) in [4.78, 5) is 15.7. The van der Waals surface area contributed by atoms with Gasteiger partial charge in [0.15, 0.2) is 5.69 Å². The molecule has 0 bridgehead atoms. The maximum absolute atomic E-state index is 12.9. The molecule has 1 aromatic heterocycles. The fourth-order valence-electron chi connectivity index (χ4n) is 3.95. The molecule has 3 N–H and O–H groups in total. The first kappa shape index (κ1) is 20.1. The van der Waals surface area contributed by atoms with E-state index in [-0.39, 0.29) is 17.3 Å². The third-order valence-corrected chi connectivity index (χ3v) is 6.04. The van der Waals surface area contributed by atoms with E-state index in [9.17, 15) is 9.90 Å². The lowest BCUT2D eigenvalue weighted by molar-refractivity contribution is -0.112. The topological polar surface area (TPSA) is 102 Å². The first-order valence-electron chi connectivity index (χ1n) is 9.98. The van der Waals surface area contributed by atoms with Gasteiger partial charge in [0.05, 0.1) is 5.52 Å². The molecule has 0 atom stereocenters. The molecular formula is C24H18BrN5O2. The third kappa shape index (κ3) is 3.48. The number of hydrazone groups is 1. The number of rotatable bonds is 4. The van der Waals surface area contributed by atoms with Gasteiger partial charge in [-0.05, 0) is 29.3 Å². The summed E-state index contributed by atoms with van der Waals surface area (Å²) in [5, 5.41) is 23.1. The van der Waals surface area contributed by atoms with Gasteiger partial charge in [-0.15, -0.1) is 10.2 Å². The number of hydrogen-bond acceptors (Lipinski definition) is 5. The zero-order chi connectivity index (χ0) is 22.1. The summed E-state index contributed by atoms with van der Waals surface area (Å²) >= 11 is 3.40. The molecule has 0 saturated carbocycles. The average Bonchev–Trinajstić information content (AvgIpc) is 3.41. The maximum Gasteiger partial charge on any atom is 0.311 e. The number of H-pyrrole nitrogens is 1. The lowest BCUT2D eigenvalue weighted by atomic mass is 9.80. The first-order chi connectivity index (χ1) is 15.6. The van der Waals surface area contributed by atoms with E-state index in [4.69, 9.17) is 0 Å². The highest BCUT2D eigenvalue weighted by atomic mass is 79.9. The molecule has 0 aliphatic carbocycles. The normalized spacial score (nSPS) is 15.1. The number of aromatic nitrogens is 1. The third-order valence-electron chi connectivity index (χ3n) is 5.55. The van der Waals surface area contributed by atoms with E-state index in [0.29, 0.717) is 17.3 Å². The Hall–Kier alpha value is -3.78. The monoisotopic (exact) mass is 487 g/mol. The van der Waals surface area contributed by atoms with Crippen LogP contribution in [0, 0.1) is 0 Å². The molecule has 7 nitrogen and oxygen atoms in total. The Kier molecular flexibility index (Phi) is 5.07. The number of amides is 1. The van der Waals surface area contributed by atoms with Crippen molar-refractivity contribution in [3.8, 4) is 5.88 Å². The van der Waals surface area contributed by atoms with Gasteiger partial charge in [-0.1, -0.05) is 76.6 Å². The molecule has 1 amide bonds. The van der Waals surface area contributed by atoms with Crippen molar-refractivity contribution in [3.63, 3.8) is 0 Å². The summed E-state index contributed by atoms with van der Waals surface area (Å²) in [5.74, 6) is -0.709. The van der Waals surface area contributed by atoms with Gasteiger partial charge in [0.1, 0.15) is 11.3 Å². The average molecular weight is 488 g/mol. The van der Waals surface area contributed by atoms with E-state index < -0.39 is 11.4 Å². The van der Waals surface area contributed by atoms with Crippen LogP contribution in [-0.4, -0.2) is 21.7 Å². The minimum Gasteiger partial charge on any atom is -0.493 e. The minimum atomic E-state index is -0.670. The predicted molar refractivity (Wildman–Crippen MR) is 126 cm³/mol. The lowest BCUT2D eigenvalue weighted by Gasteiger charge is -2.30. The van der Waals surface area contributed by atoms with Crippen LogP contribution in [0.5, 0.6) is 5.88 Å². The molecular weight excluding hydrogens is 470 g/mol. The quantitative estimate of drug-likeness (QED) is 0.329. The number of nitrogens with zero attached hydrogens (tertiary/aromatic N) is 3. The Balaban J connectivity index is 1.45. The number of fused-ring (bicyclic) bond motifs is 1. The molecule has 32 heavy (non-hydrogen) atoms. The van der Waals surface area contributed by atoms with Gasteiger partial charge in [-0.25, -0.2) is 0 Å². The SMILES string of the molecule is O=C(N=Nc1c(O)[nH]c2ccc(Br)cc12)C1=NNC(c2ccccc2)(c2ccccc2)C1. The molecule has 0 fully saturated rings. The van der Waals surface area contributed by atoms with Gasteiger partial charge >= 0.3 is 5.91 Å². The molecule has 0 saturated heterocycles. The van der Waals surface area contributed by atoms with Crippen molar-refractivity contribution in [2.45, 2.75) is 12.0 Å². The number of carbonyl (C=O) groups excluding carboxylic acids is 1. The highest BCUT2D eigenvalue weighted by Crippen LogP contribution is 2.38. The van der Waals surface area contributed by atoms with Crippen molar-refractivity contribution in [1.82, 2.24) is 10.4 Å². The smallest absolute Gasteiger partial charge is 0.311 e. The van der Waals surface area contributed by atoms with Gasteiger partial charge in [0, 0.05) is 16.3 Å². The molecule has 0 radical (unpaired) electrons. The van der Waals surface area contributed by atoms with Crippen molar-refractivity contribution in [3.05, 3.63) is 94.5 Å². The Morgan fingerprint density at radius 1 is 1.00 bits per heavy atom. The largest absolute Gasteiger partial charge is 0.493 e. The van der Waals surface area contributed by atoms with Crippen molar-refractivity contribution >= 4 is 44.1 Å². The van der Waals surface area contributed by atoms with Crippen LogP contribution in [-0.2, 0) is 10.3 Å². The first-order valence-corrected chi connectivity index (χ1v) is 10.8. The van der Waals surface area contributed by atoms with Crippen molar-refractivity contribution in [2.24, 2.45) is 15.3 Å². The molecule has 0 spiro atoms. The Bertz CT molecular complexity index is 1320. The van der Waals surface area contributed by atoms with Crippen LogP contribution in [0.15, 0.2) is 98.7 Å². The molecule has 158 valence electrons. The highest BCUT2D eigenvalue weighted by molar-refractivity contribution is 9.10. The summed E-state index contributed by atoms with van der Waals surface area (Å²) < 4.78 is 0.826. The summed E-state index contributed by atoms with van der Waals surface area (Å²) in [5.41, 5.74) is 5.66. The van der Waals surface area contributed by atoms with Crippen molar-refractivity contribution < 1.29 is 9.90 Å². The zero-order valence-corrected chi connectivity index (χ0v) is 18.4. The van der Waals surface area contributed by atoms with Crippen LogP contribution in [0.2, 0.25) is 0 Å². The van der Waals surface area contributed by atoms with Crippen LogP contribution in [0.25, 0.3) is 10.9 Å². The fraction of sp³-hybridized carbons (Fsp3) is 0.0833. The number of nitrogens with one attached hydrogen (secondary N) is 2. The van der Waals surface area contributed by atoms with E-state index in [0.717, 1.165) is 15.6 Å². The van der Waals surface area contributed by atoms with Crippen LogP contribution >= 0.6 is 15.9 Å². The van der Waals surface area contributed by atoms with Gasteiger partial charge in [0.2, 0.25) is 5.88 Å². The number of benzene rings is 3. The van der Waals surface area contributed by atoms with Gasteiger partial charge < -0.3 is 10.1 Å². The van der Waals surface area contributed by atoms with Crippen LogP contribution in [0.1, 0.15) is 17.5 Å². The second-order valence-corrected chi connectivity index (χ2v) is 8.42. The molecule has 3 aromatic carbocycles. The number of aromatic hydroxyl groups is 1. The fourth-order valence-corrected chi connectivity index (χ4v) is 4.31. The van der Waals surface area contributed by atoms with Gasteiger partial charge in [-0.3, -0.25) is 10.2 Å². The summed E-state index contributed by atoms with van der Waals surface area (Å²) in [6.45, 7) is 0. The number of aromatic amines is 1. The summed E-state index contributed by atoms with van der Waals surface area (Å²) in [6.07, 6.45) is 0.324.